The molecule has 0 aromatic rings. The highest BCUT2D eigenvalue weighted by Gasteiger charge is 2.22. The molecule has 0 saturated heterocycles. The molecule has 0 spiro atoms. The van der Waals surface area contributed by atoms with Crippen molar-refractivity contribution < 1.29 is 42.9 Å². The van der Waals surface area contributed by atoms with Crippen LogP contribution in [0.1, 0.15) is 284 Å². The third kappa shape index (κ3) is 61.9. The minimum atomic E-state index is -1.62. The van der Waals surface area contributed by atoms with Gasteiger partial charge >= 0.3 is 11.9 Å². The Bertz CT molecular complexity index is 1570. The molecule has 0 N–H and O–H groups in total. The summed E-state index contributed by atoms with van der Waals surface area (Å²) in [5, 5.41) is 11.8. The Kier molecular flexibility index (Phi) is 57.9. The topological polar surface area (TPSA) is 111 Å². The van der Waals surface area contributed by atoms with Crippen LogP contribution in [0.2, 0.25) is 0 Å². The summed E-state index contributed by atoms with van der Waals surface area (Å²) in [6.07, 6.45) is 78.3. The van der Waals surface area contributed by atoms with Crippen LogP contribution in [-0.4, -0.2) is 82.3 Å². The number of nitrogens with zero attached hydrogens (tertiary/aromatic N) is 1. The number of quaternary nitrogens is 1. The van der Waals surface area contributed by atoms with Crippen molar-refractivity contribution >= 4 is 17.9 Å². The minimum absolute atomic E-state index is 0.145. The fourth-order valence-electron chi connectivity index (χ4n) is 9.13. The Morgan fingerprint density at radius 3 is 1.08 bits per heavy atom. The second kappa shape index (κ2) is 60.6. The van der Waals surface area contributed by atoms with Gasteiger partial charge in [0.25, 0.3) is 0 Å². The summed E-state index contributed by atoms with van der Waals surface area (Å²) in [6.45, 7) is 4.57. The zero-order chi connectivity index (χ0) is 57.6. The molecule has 0 saturated carbocycles. The van der Waals surface area contributed by atoms with Crippen LogP contribution in [0, 0.1) is 0 Å². The summed E-state index contributed by atoms with van der Waals surface area (Å²) in [5.74, 6) is -2.29. The van der Waals surface area contributed by atoms with Gasteiger partial charge in [0.05, 0.1) is 40.3 Å². The van der Waals surface area contributed by atoms with Crippen LogP contribution >= 0.6 is 0 Å². The maximum atomic E-state index is 12.9. The third-order valence-corrected chi connectivity index (χ3v) is 14.1. The van der Waals surface area contributed by atoms with E-state index in [1.165, 1.54) is 154 Å². The number of carbonyl (C=O) groups excluding carboxylic acids is 3. The number of likely N-dealkylation sites (N-methyl/N-ethyl adjacent to an activating group) is 1. The van der Waals surface area contributed by atoms with Gasteiger partial charge in [-0.2, -0.15) is 0 Å². The zero-order valence-electron chi connectivity index (χ0n) is 52.0. The van der Waals surface area contributed by atoms with Gasteiger partial charge in [-0.1, -0.05) is 272 Å². The van der Waals surface area contributed by atoms with E-state index >= 15 is 0 Å². The molecule has 9 nitrogen and oxygen atoms in total. The van der Waals surface area contributed by atoms with Crippen molar-refractivity contribution in [2.24, 2.45) is 0 Å². The van der Waals surface area contributed by atoms with Crippen molar-refractivity contribution in [3.63, 3.8) is 0 Å². The van der Waals surface area contributed by atoms with Crippen LogP contribution in [0.4, 0.5) is 0 Å². The van der Waals surface area contributed by atoms with E-state index in [2.05, 4.69) is 98.9 Å². The molecule has 9 heteroatoms. The molecule has 0 radical (unpaired) electrons. The van der Waals surface area contributed by atoms with Gasteiger partial charge in [0.1, 0.15) is 13.2 Å². The van der Waals surface area contributed by atoms with Crippen molar-refractivity contribution in [2.75, 3.05) is 47.5 Å². The fourth-order valence-corrected chi connectivity index (χ4v) is 9.13. The van der Waals surface area contributed by atoms with Gasteiger partial charge in [0.15, 0.2) is 12.4 Å². The molecule has 0 amide bonds. The van der Waals surface area contributed by atoms with Gasteiger partial charge in [0, 0.05) is 12.8 Å². The summed E-state index contributed by atoms with van der Waals surface area (Å²) in [5.41, 5.74) is 0. The van der Waals surface area contributed by atoms with E-state index in [-0.39, 0.29) is 38.6 Å². The van der Waals surface area contributed by atoms with E-state index < -0.39 is 24.3 Å². The number of allylic oxidation sites excluding steroid dienone is 14. The molecule has 0 aromatic carbocycles. The summed E-state index contributed by atoms with van der Waals surface area (Å²) in [7, 11) is 5.92. The molecule has 2 atom stereocenters. The lowest BCUT2D eigenvalue weighted by Crippen LogP contribution is -2.44. The Morgan fingerprint density at radius 2 is 0.722 bits per heavy atom. The third-order valence-electron chi connectivity index (χ3n) is 14.1. The van der Waals surface area contributed by atoms with Crippen LogP contribution in [0.3, 0.4) is 0 Å². The van der Waals surface area contributed by atoms with Crippen molar-refractivity contribution in [1.29, 1.82) is 0 Å². The van der Waals surface area contributed by atoms with E-state index in [0.717, 1.165) is 96.3 Å². The lowest BCUT2D eigenvalue weighted by Gasteiger charge is -2.26. The maximum absolute atomic E-state index is 12.9. The van der Waals surface area contributed by atoms with Gasteiger partial charge in [-0.15, -0.1) is 0 Å². The molecule has 79 heavy (non-hydrogen) atoms. The normalized spacial score (nSPS) is 13.3. The predicted molar refractivity (Wildman–Crippen MR) is 334 cm³/mol. The van der Waals surface area contributed by atoms with Crippen molar-refractivity contribution in [1.82, 2.24) is 0 Å². The average molecular weight is 1110 g/mol. The first-order chi connectivity index (χ1) is 38.6. The van der Waals surface area contributed by atoms with Crippen molar-refractivity contribution in [3.05, 3.63) is 85.1 Å². The highest BCUT2D eigenvalue weighted by Crippen LogP contribution is 2.17. The standard InChI is InChI=1S/C70H123NO8/c1-6-8-10-12-14-16-18-20-21-22-23-24-25-26-27-28-29-30-31-32-33-34-35-36-37-38-39-40-41-42-43-44-45-46-47-49-51-53-55-57-59-61-68(73)79-66(65-78-70(69(74)75)76-63-62-71(3,4)5)64-77-67(72)60-58-56-54-52-50-48-19-17-15-13-11-9-7-2/h8,10-11,13-14,16-17,19-21,23-24,26-27,66,70H,6-7,9,12,15,18,22,25,28-65H2,1-5H3/b10-8-,13-11-,16-14-,19-17-,21-20-,24-23-,27-26-. The Labute approximate surface area is 487 Å². The van der Waals surface area contributed by atoms with Gasteiger partial charge in [-0.25, -0.2) is 0 Å². The molecular formula is C70H123NO8. The average Bonchev–Trinajstić information content (AvgIpc) is 3.42. The number of ether oxygens (including phenoxy) is 4. The molecule has 2 unspecified atom stereocenters. The summed E-state index contributed by atoms with van der Waals surface area (Å²) < 4.78 is 22.7. The van der Waals surface area contributed by atoms with E-state index in [4.69, 9.17) is 18.9 Å². The molecule has 0 aliphatic rings. The highest BCUT2D eigenvalue weighted by molar-refractivity contribution is 5.70. The largest absolute Gasteiger partial charge is 0.545 e. The van der Waals surface area contributed by atoms with Crippen LogP contribution in [0.5, 0.6) is 0 Å². The van der Waals surface area contributed by atoms with Crippen molar-refractivity contribution in [3.8, 4) is 0 Å². The maximum Gasteiger partial charge on any atom is 0.306 e. The van der Waals surface area contributed by atoms with Gasteiger partial charge in [-0.05, 0) is 83.5 Å². The molecular weight excluding hydrogens is 983 g/mol. The summed E-state index contributed by atoms with van der Waals surface area (Å²) >= 11 is 0. The lowest BCUT2D eigenvalue weighted by molar-refractivity contribution is -0.870. The molecule has 0 bridgehead atoms. The Morgan fingerprint density at radius 1 is 0.392 bits per heavy atom. The minimum Gasteiger partial charge on any atom is -0.545 e. The molecule has 0 fully saturated rings. The van der Waals surface area contributed by atoms with E-state index in [0.29, 0.717) is 17.4 Å². The lowest BCUT2D eigenvalue weighted by atomic mass is 10.0. The zero-order valence-corrected chi connectivity index (χ0v) is 52.0. The first-order valence-electron chi connectivity index (χ1n) is 32.7. The second-order valence-electron chi connectivity index (χ2n) is 23.0. The molecule has 0 aromatic heterocycles. The molecule has 456 valence electrons. The van der Waals surface area contributed by atoms with Crippen LogP contribution in [0.25, 0.3) is 0 Å². The highest BCUT2D eigenvalue weighted by atomic mass is 16.7. The number of hydrogen-bond donors (Lipinski definition) is 0. The monoisotopic (exact) mass is 1110 g/mol. The number of carboxylic acids is 1. The molecule has 0 aliphatic carbocycles. The number of hydrogen-bond acceptors (Lipinski definition) is 8. The number of esters is 2. The quantitative estimate of drug-likeness (QED) is 0.0195. The Balaban J connectivity index is 3.92. The number of carboxylic acid groups (broad SMARTS) is 1. The van der Waals surface area contributed by atoms with E-state index in [1.807, 2.05) is 21.1 Å². The second-order valence-corrected chi connectivity index (χ2v) is 23.0. The van der Waals surface area contributed by atoms with Crippen LogP contribution < -0.4 is 5.11 Å². The molecule has 0 heterocycles. The Hall–Kier alpha value is -3.53. The van der Waals surface area contributed by atoms with Crippen molar-refractivity contribution in [2.45, 2.75) is 296 Å². The number of carbonyl (C=O) groups is 3. The van der Waals surface area contributed by atoms with E-state index in [1.54, 1.807) is 0 Å². The molecule has 0 rings (SSSR count). The van der Waals surface area contributed by atoms with Gasteiger partial charge in [0.2, 0.25) is 0 Å². The van der Waals surface area contributed by atoms with Crippen LogP contribution in [-0.2, 0) is 33.3 Å². The first kappa shape index (κ1) is 75.5. The number of aliphatic carboxylic acids is 1. The SMILES string of the molecule is CC/C=C\C/C=C\C/C=C\C/C=C\C/C=C\CCCCCCCCCCCCCCCCCCCCCCCCCCCC(=O)OC(COC(=O)CCCCCCC/C=C\C/C=C\CCC)COC(OCC[N+](C)(C)C)C(=O)[O-]. The first-order valence-corrected chi connectivity index (χ1v) is 32.7. The van der Waals surface area contributed by atoms with Gasteiger partial charge < -0.3 is 33.3 Å². The predicted octanol–water partition coefficient (Wildman–Crippen LogP) is 18.6. The smallest absolute Gasteiger partial charge is 0.306 e. The molecule has 0 aliphatic heterocycles. The number of rotatable bonds is 60. The summed E-state index contributed by atoms with van der Waals surface area (Å²) in [4.78, 5) is 37.3. The number of unbranched alkanes of at least 4 members (excludes halogenated alkanes) is 31. The van der Waals surface area contributed by atoms with Gasteiger partial charge in [-0.3, -0.25) is 9.59 Å². The summed E-state index contributed by atoms with van der Waals surface area (Å²) in [6, 6.07) is 0. The van der Waals surface area contributed by atoms with Crippen LogP contribution in [0.15, 0.2) is 85.1 Å². The van der Waals surface area contributed by atoms with E-state index in [9.17, 15) is 19.5 Å². The fraction of sp³-hybridized carbons (Fsp3) is 0.757.